The van der Waals surface area contributed by atoms with Gasteiger partial charge in [0.25, 0.3) is 0 Å². The van der Waals surface area contributed by atoms with E-state index in [0.717, 1.165) is 11.2 Å². The van der Waals surface area contributed by atoms with E-state index in [1.165, 1.54) is 11.8 Å². The molecule has 0 amide bonds. The molecule has 1 aromatic rings. The summed E-state index contributed by atoms with van der Waals surface area (Å²) >= 11 is 1.22. The number of hydrogen-bond acceptors (Lipinski definition) is 6. The smallest absolute Gasteiger partial charge is 0.400 e. The SMILES string of the molecule is CC(=O)SCC(=Cc1nc(C)ccc1N)B1OC(C)(C)C(C)(C)O1. The molecule has 0 atom stereocenters. The third-order valence-corrected chi connectivity index (χ3v) is 5.30. The van der Waals surface area contributed by atoms with Gasteiger partial charge in [-0.15, -0.1) is 0 Å². The summed E-state index contributed by atoms with van der Waals surface area (Å²) in [5.74, 6) is 0.473. The second kappa shape index (κ2) is 6.90. The van der Waals surface area contributed by atoms with E-state index < -0.39 is 18.3 Å². The maximum Gasteiger partial charge on any atom is 0.491 e. The third kappa shape index (κ3) is 4.20. The Morgan fingerprint density at radius 3 is 2.42 bits per heavy atom. The van der Waals surface area contributed by atoms with E-state index in [2.05, 4.69) is 4.98 Å². The second-order valence-electron chi connectivity index (χ2n) is 7.01. The molecule has 2 heterocycles. The van der Waals surface area contributed by atoms with Crippen LogP contribution in [0.1, 0.15) is 46.0 Å². The molecule has 7 heteroatoms. The fourth-order valence-electron chi connectivity index (χ4n) is 2.24. The molecule has 1 aliphatic heterocycles. The molecule has 2 N–H and O–H groups in total. The van der Waals surface area contributed by atoms with Gasteiger partial charge >= 0.3 is 7.12 Å². The largest absolute Gasteiger partial charge is 0.491 e. The minimum absolute atomic E-state index is 0.0441. The molecule has 0 aromatic carbocycles. The first-order chi connectivity index (χ1) is 11.0. The maximum absolute atomic E-state index is 11.4. The van der Waals surface area contributed by atoms with E-state index in [1.807, 2.05) is 52.8 Å². The first-order valence-electron chi connectivity index (χ1n) is 7.94. The number of aromatic nitrogens is 1. The second-order valence-corrected chi connectivity index (χ2v) is 8.17. The highest BCUT2D eigenvalue weighted by atomic mass is 32.2. The number of pyridine rings is 1. The number of aryl methyl sites for hydroxylation is 1. The summed E-state index contributed by atoms with van der Waals surface area (Å²) in [5.41, 5.74) is 8.13. The Bertz CT molecular complexity index is 658. The number of rotatable bonds is 4. The van der Waals surface area contributed by atoms with Crippen LogP contribution >= 0.6 is 11.8 Å². The zero-order valence-electron chi connectivity index (χ0n) is 15.2. The van der Waals surface area contributed by atoms with E-state index in [-0.39, 0.29) is 5.12 Å². The summed E-state index contributed by atoms with van der Waals surface area (Å²) in [6, 6.07) is 3.69. The maximum atomic E-state index is 11.4. The average molecular weight is 348 g/mol. The van der Waals surface area contributed by atoms with Crippen LogP contribution in [-0.2, 0) is 14.1 Å². The van der Waals surface area contributed by atoms with Crippen molar-refractivity contribution in [3.8, 4) is 0 Å². The first-order valence-corrected chi connectivity index (χ1v) is 8.93. The van der Waals surface area contributed by atoms with Gasteiger partial charge in [0.1, 0.15) is 0 Å². The van der Waals surface area contributed by atoms with E-state index in [9.17, 15) is 4.79 Å². The summed E-state index contributed by atoms with van der Waals surface area (Å²) < 4.78 is 12.2. The Morgan fingerprint density at radius 1 is 1.29 bits per heavy atom. The van der Waals surface area contributed by atoms with Crippen molar-refractivity contribution in [2.45, 2.75) is 52.7 Å². The van der Waals surface area contributed by atoms with Crippen molar-refractivity contribution in [2.24, 2.45) is 0 Å². The molecule has 0 unspecified atom stereocenters. The summed E-state index contributed by atoms with van der Waals surface area (Å²) in [6.07, 6.45) is 1.88. The molecule has 0 radical (unpaired) electrons. The Balaban J connectivity index is 2.37. The number of hydrogen-bond donors (Lipinski definition) is 1. The summed E-state index contributed by atoms with van der Waals surface area (Å²) in [5, 5.41) is 0.0441. The van der Waals surface area contributed by atoms with Crippen LogP contribution in [0, 0.1) is 6.92 Å². The number of thioether (sulfide) groups is 1. The molecular weight excluding hydrogens is 323 g/mol. The van der Waals surface area contributed by atoms with Crippen LogP contribution in [0.3, 0.4) is 0 Å². The van der Waals surface area contributed by atoms with Crippen molar-refractivity contribution in [2.75, 3.05) is 11.5 Å². The number of nitrogens with two attached hydrogens (primary N) is 1. The van der Waals surface area contributed by atoms with Crippen LogP contribution in [0.15, 0.2) is 17.6 Å². The molecular formula is C17H25BN2O3S. The van der Waals surface area contributed by atoms with Crippen molar-refractivity contribution in [3.63, 3.8) is 0 Å². The fourth-order valence-corrected chi connectivity index (χ4v) is 2.83. The Labute approximate surface area is 148 Å². The molecule has 1 aliphatic rings. The van der Waals surface area contributed by atoms with Crippen LogP contribution < -0.4 is 5.73 Å². The van der Waals surface area contributed by atoms with Crippen LogP contribution in [0.25, 0.3) is 6.08 Å². The molecule has 5 nitrogen and oxygen atoms in total. The van der Waals surface area contributed by atoms with Gasteiger partial charge in [0.15, 0.2) is 5.12 Å². The molecule has 0 saturated carbocycles. The van der Waals surface area contributed by atoms with Gasteiger partial charge in [0.05, 0.1) is 22.6 Å². The van der Waals surface area contributed by atoms with E-state index in [1.54, 1.807) is 6.92 Å². The average Bonchev–Trinajstić information content (AvgIpc) is 2.66. The van der Waals surface area contributed by atoms with Crippen molar-refractivity contribution in [3.05, 3.63) is 29.0 Å². The lowest BCUT2D eigenvalue weighted by Crippen LogP contribution is -2.41. The van der Waals surface area contributed by atoms with Crippen molar-refractivity contribution in [1.82, 2.24) is 4.98 Å². The van der Waals surface area contributed by atoms with Crippen LogP contribution in [-0.4, -0.2) is 34.2 Å². The monoisotopic (exact) mass is 348 g/mol. The Kier molecular flexibility index (Phi) is 5.47. The third-order valence-electron chi connectivity index (χ3n) is 4.42. The predicted molar refractivity (Wildman–Crippen MR) is 101 cm³/mol. The molecule has 1 saturated heterocycles. The van der Waals surface area contributed by atoms with E-state index >= 15 is 0 Å². The normalized spacial score (nSPS) is 19.6. The van der Waals surface area contributed by atoms with Gasteiger partial charge in [-0.3, -0.25) is 9.78 Å². The van der Waals surface area contributed by atoms with Gasteiger partial charge in [-0.05, 0) is 58.3 Å². The van der Waals surface area contributed by atoms with E-state index in [4.69, 9.17) is 15.0 Å². The lowest BCUT2D eigenvalue weighted by Gasteiger charge is -2.32. The van der Waals surface area contributed by atoms with Crippen LogP contribution in [0.2, 0.25) is 0 Å². The standard InChI is InChI=1S/C17H25BN2O3S/c1-11-7-8-14(19)15(20-11)9-13(10-24-12(2)21)18-22-16(3,4)17(5,6)23-18/h7-9H,10,19H2,1-6H3. The molecule has 1 fully saturated rings. The number of carbonyl (C=O) groups excluding carboxylic acids is 1. The van der Waals surface area contributed by atoms with Gasteiger partial charge in [-0.2, -0.15) is 0 Å². The molecule has 2 rings (SSSR count). The lowest BCUT2D eigenvalue weighted by molar-refractivity contribution is -0.109. The Morgan fingerprint density at radius 2 is 1.88 bits per heavy atom. The van der Waals surface area contributed by atoms with Crippen LogP contribution in [0.5, 0.6) is 0 Å². The zero-order valence-corrected chi connectivity index (χ0v) is 16.0. The molecule has 130 valence electrons. The number of nitrogen functional groups attached to an aromatic ring is 1. The Hall–Kier alpha value is -1.31. The molecule has 24 heavy (non-hydrogen) atoms. The zero-order chi connectivity index (χ0) is 18.1. The van der Waals surface area contributed by atoms with Crippen molar-refractivity contribution < 1.29 is 14.1 Å². The van der Waals surface area contributed by atoms with Gasteiger partial charge in [0, 0.05) is 18.4 Å². The molecule has 1 aromatic heterocycles. The summed E-state index contributed by atoms with van der Waals surface area (Å²) in [4.78, 5) is 15.9. The highest BCUT2D eigenvalue weighted by Crippen LogP contribution is 2.39. The minimum Gasteiger partial charge on any atom is -0.400 e. The topological polar surface area (TPSA) is 74.4 Å². The first kappa shape index (κ1) is 19.0. The van der Waals surface area contributed by atoms with Crippen molar-refractivity contribution >= 4 is 35.8 Å². The number of anilines is 1. The summed E-state index contributed by atoms with van der Waals surface area (Å²) in [6.45, 7) is 11.5. The highest BCUT2D eigenvalue weighted by molar-refractivity contribution is 8.13. The molecule has 0 bridgehead atoms. The fraction of sp³-hybridized carbons (Fsp3) is 0.529. The summed E-state index contributed by atoms with van der Waals surface area (Å²) in [7, 11) is -0.524. The lowest BCUT2D eigenvalue weighted by atomic mass is 9.78. The van der Waals surface area contributed by atoms with Gasteiger partial charge in [-0.25, -0.2) is 0 Å². The van der Waals surface area contributed by atoms with Gasteiger partial charge < -0.3 is 15.0 Å². The minimum atomic E-state index is -0.524. The predicted octanol–water partition coefficient (Wildman–Crippen LogP) is 3.27. The van der Waals surface area contributed by atoms with E-state index in [0.29, 0.717) is 17.1 Å². The number of nitrogens with zero attached hydrogens (tertiary/aromatic N) is 1. The number of carbonyl (C=O) groups is 1. The quantitative estimate of drug-likeness (QED) is 0.842. The van der Waals surface area contributed by atoms with Crippen molar-refractivity contribution in [1.29, 1.82) is 0 Å². The molecule has 0 spiro atoms. The van der Waals surface area contributed by atoms with Gasteiger partial charge in [0.2, 0.25) is 0 Å². The highest BCUT2D eigenvalue weighted by Gasteiger charge is 2.52. The molecule has 0 aliphatic carbocycles. The van der Waals surface area contributed by atoms with Gasteiger partial charge in [-0.1, -0.05) is 11.8 Å². The van der Waals surface area contributed by atoms with Crippen LogP contribution in [0.4, 0.5) is 5.69 Å².